The largest absolute Gasteiger partial charge is 0.494 e. The molecule has 0 bridgehead atoms. The molecule has 1 aliphatic rings. The molecule has 5 aromatic carbocycles. The fraction of sp³-hybridized carbons (Fsp3) is 0.176. The maximum absolute atomic E-state index is 6.30. The molecular formula is C34H32BNO2. The number of hydrogen-bond acceptors (Lipinski definition) is 3. The molecule has 4 heteroatoms. The van der Waals surface area contributed by atoms with Crippen LogP contribution in [0.4, 0.5) is 17.1 Å². The van der Waals surface area contributed by atoms with Crippen LogP contribution in [0.3, 0.4) is 0 Å². The van der Waals surface area contributed by atoms with Gasteiger partial charge in [-0.25, -0.2) is 0 Å². The predicted octanol–water partition coefficient (Wildman–Crippen LogP) is 8.28. The lowest BCUT2D eigenvalue weighted by Gasteiger charge is -2.32. The van der Waals surface area contributed by atoms with Crippen LogP contribution in [0.5, 0.6) is 0 Å². The van der Waals surface area contributed by atoms with Crippen molar-refractivity contribution in [3.8, 4) is 11.1 Å². The number of benzene rings is 5. The van der Waals surface area contributed by atoms with Gasteiger partial charge in [0.25, 0.3) is 0 Å². The summed E-state index contributed by atoms with van der Waals surface area (Å²) >= 11 is 0. The van der Waals surface area contributed by atoms with Crippen molar-refractivity contribution in [1.82, 2.24) is 0 Å². The third-order valence-corrected chi connectivity index (χ3v) is 7.92. The minimum absolute atomic E-state index is 0.369. The summed E-state index contributed by atoms with van der Waals surface area (Å²) in [4.78, 5) is 2.32. The zero-order valence-corrected chi connectivity index (χ0v) is 22.4. The van der Waals surface area contributed by atoms with Gasteiger partial charge in [-0.15, -0.1) is 0 Å². The summed E-state index contributed by atoms with van der Waals surface area (Å²) in [6.45, 7) is 8.34. The van der Waals surface area contributed by atoms with Gasteiger partial charge in [0.05, 0.1) is 16.9 Å². The molecule has 0 radical (unpaired) electrons. The first-order chi connectivity index (χ1) is 18.3. The van der Waals surface area contributed by atoms with E-state index >= 15 is 0 Å². The van der Waals surface area contributed by atoms with Crippen molar-refractivity contribution in [3.05, 3.63) is 121 Å². The number of nitrogens with zero attached hydrogens (tertiary/aromatic N) is 1. The molecule has 0 unspecified atom stereocenters. The van der Waals surface area contributed by atoms with E-state index < -0.39 is 0 Å². The van der Waals surface area contributed by atoms with E-state index in [0.29, 0.717) is 0 Å². The molecule has 38 heavy (non-hydrogen) atoms. The predicted molar refractivity (Wildman–Crippen MR) is 160 cm³/mol. The highest BCUT2D eigenvalue weighted by atomic mass is 16.7. The maximum Gasteiger partial charge on any atom is 0.494 e. The topological polar surface area (TPSA) is 21.7 Å². The van der Waals surface area contributed by atoms with Crippen molar-refractivity contribution < 1.29 is 9.31 Å². The highest BCUT2D eigenvalue weighted by Crippen LogP contribution is 2.40. The normalized spacial score (nSPS) is 16.1. The maximum atomic E-state index is 6.30. The van der Waals surface area contributed by atoms with E-state index in [0.717, 1.165) is 22.5 Å². The Morgan fingerprint density at radius 3 is 1.71 bits per heavy atom. The Labute approximate surface area is 225 Å². The Balaban J connectivity index is 1.41. The van der Waals surface area contributed by atoms with E-state index in [1.807, 2.05) is 6.07 Å². The number of rotatable bonds is 5. The fourth-order valence-electron chi connectivity index (χ4n) is 5.02. The van der Waals surface area contributed by atoms with Crippen molar-refractivity contribution in [2.24, 2.45) is 0 Å². The summed E-state index contributed by atoms with van der Waals surface area (Å²) in [5.74, 6) is 0. The molecule has 6 rings (SSSR count). The third kappa shape index (κ3) is 4.40. The average molecular weight is 497 g/mol. The van der Waals surface area contributed by atoms with Gasteiger partial charge >= 0.3 is 7.12 Å². The highest BCUT2D eigenvalue weighted by Gasteiger charge is 2.51. The molecule has 1 fully saturated rings. The van der Waals surface area contributed by atoms with Gasteiger partial charge in [-0.3, -0.25) is 0 Å². The van der Waals surface area contributed by atoms with Crippen LogP contribution in [0, 0.1) is 0 Å². The van der Waals surface area contributed by atoms with Crippen molar-refractivity contribution in [1.29, 1.82) is 0 Å². The molecule has 1 saturated heterocycles. The monoisotopic (exact) mass is 497 g/mol. The SMILES string of the molecule is CC1(C)OB(c2ccc(N(c3ccc(-c4ccccc4)cc3)c3cccc4ccccc34)cc2)OC1(C)C. The Bertz CT molecular complexity index is 1540. The Kier molecular flexibility index (Phi) is 6.10. The van der Waals surface area contributed by atoms with E-state index in [4.69, 9.17) is 9.31 Å². The van der Waals surface area contributed by atoms with Crippen molar-refractivity contribution >= 4 is 40.4 Å². The van der Waals surface area contributed by atoms with E-state index in [9.17, 15) is 0 Å². The summed E-state index contributed by atoms with van der Waals surface area (Å²) in [5, 5.41) is 2.42. The van der Waals surface area contributed by atoms with Gasteiger partial charge in [-0.05, 0) is 80.0 Å². The van der Waals surface area contributed by atoms with Crippen molar-refractivity contribution in [2.75, 3.05) is 4.90 Å². The van der Waals surface area contributed by atoms with Crippen LogP contribution in [0.1, 0.15) is 27.7 Å². The van der Waals surface area contributed by atoms with Crippen LogP contribution >= 0.6 is 0 Å². The van der Waals surface area contributed by atoms with E-state index in [-0.39, 0.29) is 18.3 Å². The number of anilines is 3. The zero-order chi connectivity index (χ0) is 26.3. The van der Waals surface area contributed by atoms with Gasteiger partial charge in [0, 0.05) is 16.8 Å². The van der Waals surface area contributed by atoms with Crippen molar-refractivity contribution in [2.45, 2.75) is 38.9 Å². The molecule has 1 heterocycles. The number of fused-ring (bicyclic) bond motifs is 1. The minimum atomic E-state index is -0.384. The first-order valence-corrected chi connectivity index (χ1v) is 13.2. The molecule has 0 spiro atoms. The van der Waals surface area contributed by atoms with E-state index in [2.05, 4.69) is 148 Å². The second-order valence-corrected chi connectivity index (χ2v) is 10.9. The van der Waals surface area contributed by atoms with Gasteiger partial charge < -0.3 is 14.2 Å². The number of hydrogen-bond donors (Lipinski definition) is 0. The average Bonchev–Trinajstić information content (AvgIpc) is 3.16. The van der Waals surface area contributed by atoms with Gasteiger partial charge in [0.15, 0.2) is 0 Å². The summed E-state index contributed by atoms with van der Waals surface area (Å²) in [7, 11) is -0.384. The van der Waals surface area contributed by atoms with Gasteiger partial charge in [0.1, 0.15) is 0 Å². The molecule has 0 aliphatic carbocycles. The highest BCUT2D eigenvalue weighted by molar-refractivity contribution is 6.62. The molecule has 0 aromatic heterocycles. The third-order valence-electron chi connectivity index (χ3n) is 7.92. The Hall–Kier alpha value is -3.86. The Morgan fingerprint density at radius 2 is 1.05 bits per heavy atom. The molecule has 0 amide bonds. The van der Waals surface area contributed by atoms with Gasteiger partial charge in [0.2, 0.25) is 0 Å². The Morgan fingerprint density at radius 1 is 0.526 bits per heavy atom. The molecule has 0 atom stereocenters. The fourth-order valence-corrected chi connectivity index (χ4v) is 5.02. The lowest BCUT2D eigenvalue weighted by molar-refractivity contribution is 0.00578. The van der Waals surface area contributed by atoms with Crippen LogP contribution in [-0.4, -0.2) is 18.3 Å². The summed E-state index contributed by atoms with van der Waals surface area (Å²) in [6.07, 6.45) is 0. The molecular weight excluding hydrogens is 465 g/mol. The van der Waals surface area contributed by atoms with Crippen LogP contribution in [0.2, 0.25) is 0 Å². The molecule has 5 aromatic rings. The smallest absolute Gasteiger partial charge is 0.399 e. The minimum Gasteiger partial charge on any atom is -0.399 e. The summed E-state index contributed by atoms with van der Waals surface area (Å²) in [6, 6.07) is 42.9. The lowest BCUT2D eigenvalue weighted by atomic mass is 9.79. The molecule has 188 valence electrons. The second-order valence-electron chi connectivity index (χ2n) is 10.9. The van der Waals surface area contributed by atoms with Gasteiger partial charge in [-0.2, -0.15) is 0 Å². The standard InChI is InChI=1S/C34H32BNO2/c1-33(2)34(3,4)38-35(37-33)28-19-23-30(24-20-28)36(32-16-10-14-27-13-8-9-15-31(27)32)29-21-17-26(18-22-29)25-11-6-5-7-12-25/h5-24H,1-4H3. The lowest BCUT2D eigenvalue weighted by Crippen LogP contribution is -2.41. The first-order valence-electron chi connectivity index (χ1n) is 13.2. The molecule has 1 aliphatic heterocycles. The van der Waals surface area contributed by atoms with Gasteiger partial charge in [-0.1, -0.05) is 91.0 Å². The first kappa shape index (κ1) is 24.5. The summed E-state index contributed by atoms with van der Waals surface area (Å²) in [5.41, 5.74) is 6.01. The van der Waals surface area contributed by atoms with Crippen LogP contribution < -0.4 is 10.4 Å². The molecule has 0 N–H and O–H groups in total. The van der Waals surface area contributed by atoms with Crippen LogP contribution in [0.15, 0.2) is 121 Å². The van der Waals surface area contributed by atoms with Crippen LogP contribution in [0.25, 0.3) is 21.9 Å². The second kappa shape index (κ2) is 9.47. The molecule has 3 nitrogen and oxygen atoms in total. The molecule has 0 saturated carbocycles. The van der Waals surface area contributed by atoms with Crippen LogP contribution in [-0.2, 0) is 9.31 Å². The summed E-state index contributed by atoms with van der Waals surface area (Å²) < 4.78 is 12.6. The van der Waals surface area contributed by atoms with E-state index in [1.165, 1.54) is 21.9 Å². The van der Waals surface area contributed by atoms with E-state index in [1.54, 1.807) is 0 Å². The quantitative estimate of drug-likeness (QED) is 0.228. The zero-order valence-electron chi connectivity index (χ0n) is 22.4. The van der Waals surface area contributed by atoms with Crippen molar-refractivity contribution in [3.63, 3.8) is 0 Å².